The topological polar surface area (TPSA) is 38.0 Å². The van der Waals surface area contributed by atoms with E-state index < -0.39 is 0 Å². The molecule has 0 saturated heterocycles. The molecule has 0 aliphatic heterocycles. The Balaban J connectivity index is 0.00000112. The molecule has 3 N–H and O–H groups in total. The van der Waals surface area contributed by atoms with Gasteiger partial charge < -0.3 is 11.1 Å². The van der Waals surface area contributed by atoms with Gasteiger partial charge in [-0.25, -0.2) is 0 Å². The monoisotopic (exact) mass is 246 g/mol. The molecule has 0 aromatic heterocycles. The molecule has 15 heavy (non-hydrogen) atoms. The number of hydrogen-bond donors (Lipinski definition) is 2. The van der Waals surface area contributed by atoms with Crippen LogP contribution in [0, 0.1) is 0 Å². The smallest absolute Gasteiger partial charge is 0.0408 e. The Hall–Kier alpha value is -0.280. The summed E-state index contributed by atoms with van der Waals surface area (Å²) in [5, 5.41) is 4.28. The zero-order valence-corrected chi connectivity index (χ0v) is 10.1. The third-order valence-corrected chi connectivity index (χ3v) is 2.95. The van der Waals surface area contributed by atoms with Gasteiger partial charge >= 0.3 is 0 Å². The van der Waals surface area contributed by atoms with Gasteiger partial charge in [0.15, 0.2) is 0 Å². The van der Waals surface area contributed by atoms with Crippen LogP contribution in [0.25, 0.3) is 0 Å². The maximum absolute atomic E-state index is 5.94. The van der Waals surface area contributed by atoms with E-state index in [4.69, 9.17) is 17.3 Å². The van der Waals surface area contributed by atoms with Gasteiger partial charge in [0.1, 0.15) is 0 Å². The Bertz CT molecular complexity index is 328. The molecule has 0 fully saturated rings. The first-order chi connectivity index (χ1) is 6.81. The predicted octanol–water partition coefficient (Wildman–Crippen LogP) is 2.30. The van der Waals surface area contributed by atoms with Crippen LogP contribution >= 0.6 is 24.0 Å². The normalized spacial score (nSPS) is 18.4. The highest BCUT2D eigenvalue weighted by Gasteiger charge is 2.21. The van der Waals surface area contributed by atoms with Gasteiger partial charge in [0.2, 0.25) is 0 Å². The Morgan fingerprint density at radius 2 is 2.27 bits per heavy atom. The molecular formula is C11H16Cl2N2. The molecular weight excluding hydrogens is 231 g/mol. The van der Waals surface area contributed by atoms with Gasteiger partial charge in [-0.3, -0.25) is 0 Å². The summed E-state index contributed by atoms with van der Waals surface area (Å²) in [6.07, 6.45) is 2.29. The lowest BCUT2D eigenvalue weighted by Gasteiger charge is -2.12. The van der Waals surface area contributed by atoms with E-state index in [1.165, 1.54) is 11.1 Å². The summed E-state index contributed by atoms with van der Waals surface area (Å²) in [5.41, 5.74) is 8.24. The minimum Gasteiger partial charge on any atom is -0.329 e. The molecule has 0 bridgehead atoms. The van der Waals surface area contributed by atoms with Gasteiger partial charge in [-0.2, -0.15) is 0 Å². The predicted molar refractivity (Wildman–Crippen MR) is 66.8 cm³/mol. The average Bonchev–Trinajstić information content (AvgIpc) is 2.57. The SMILES string of the molecule is Cl.NCCNC1CCc2cc(Cl)ccc21. The van der Waals surface area contributed by atoms with E-state index >= 15 is 0 Å². The first-order valence-electron chi connectivity index (χ1n) is 5.03. The lowest BCUT2D eigenvalue weighted by Crippen LogP contribution is -2.25. The van der Waals surface area contributed by atoms with Crippen molar-refractivity contribution >= 4 is 24.0 Å². The summed E-state index contributed by atoms with van der Waals surface area (Å²) in [5.74, 6) is 0. The van der Waals surface area contributed by atoms with Crippen LogP contribution in [-0.4, -0.2) is 13.1 Å². The largest absolute Gasteiger partial charge is 0.329 e. The minimum atomic E-state index is 0. The highest BCUT2D eigenvalue weighted by molar-refractivity contribution is 6.30. The molecule has 4 heteroatoms. The second-order valence-corrected chi connectivity index (χ2v) is 4.11. The molecule has 1 aliphatic carbocycles. The highest BCUT2D eigenvalue weighted by atomic mass is 35.5. The van der Waals surface area contributed by atoms with Gasteiger partial charge in [0, 0.05) is 24.2 Å². The van der Waals surface area contributed by atoms with Crippen LogP contribution in [0.3, 0.4) is 0 Å². The summed E-state index contributed by atoms with van der Waals surface area (Å²) in [6, 6.07) is 6.63. The van der Waals surface area contributed by atoms with Crippen molar-refractivity contribution in [2.24, 2.45) is 5.73 Å². The molecule has 2 rings (SSSR count). The molecule has 1 aromatic rings. The van der Waals surface area contributed by atoms with Gasteiger partial charge in [-0.05, 0) is 36.1 Å². The van der Waals surface area contributed by atoms with E-state index in [1.807, 2.05) is 6.07 Å². The van der Waals surface area contributed by atoms with Crippen molar-refractivity contribution in [3.8, 4) is 0 Å². The van der Waals surface area contributed by atoms with Crippen LogP contribution in [0.2, 0.25) is 5.02 Å². The van der Waals surface area contributed by atoms with Crippen molar-refractivity contribution < 1.29 is 0 Å². The van der Waals surface area contributed by atoms with Crippen LogP contribution in [0.5, 0.6) is 0 Å². The van der Waals surface area contributed by atoms with E-state index in [9.17, 15) is 0 Å². The number of halogens is 2. The fourth-order valence-electron chi connectivity index (χ4n) is 2.06. The molecule has 0 heterocycles. The van der Waals surface area contributed by atoms with Crippen LogP contribution < -0.4 is 11.1 Å². The molecule has 84 valence electrons. The quantitative estimate of drug-likeness (QED) is 0.860. The molecule has 1 aliphatic rings. The maximum atomic E-state index is 5.94. The molecule has 0 saturated carbocycles. The molecule has 2 nitrogen and oxygen atoms in total. The fraction of sp³-hybridized carbons (Fsp3) is 0.455. The third-order valence-electron chi connectivity index (χ3n) is 2.72. The second-order valence-electron chi connectivity index (χ2n) is 3.68. The standard InChI is InChI=1S/C11H15ClN2.ClH/c12-9-2-3-10-8(7-9)1-4-11(10)14-6-5-13;/h2-3,7,11,14H,1,4-6,13H2;1H. The van der Waals surface area contributed by atoms with Crippen molar-refractivity contribution in [3.63, 3.8) is 0 Å². The molecule has 0 amide bonds. The van der Waals surface area contributed by atoms with Crippen molar-refractivity contribution in [1.29, 1.82) is 0 Å². The van der Waals surface area contributed by atoms with Gasteiger partial charge in [-0.1, -0.05) is 17.7 Å². The summed E-state index contributed by atoms with van der Waals surface area (Å²) >= 11 is 5.94. The highest BCUT2D eigenvalue weighted by Crippen LogP contribution is 2.32. The first kappa shape index (κ1) is 12.8. The number of benzene rings is 1. The molecule has 0 spiro atoms. The first-order valence-corrected chi connectivity index (χ1v) is 5.41. The zero-order valence-electron chi connectivity index (χ0n) is 8.50. The Labute approximate surface area is 102 Å². The van der Waals surface area contributed by atoms with Crippen LogP contribution in [-0.2, 0) is 6.42 Å². The summed E-state index contributed by atoms with van der Waals surface area (Å²) in [6.45, 7) is 1.58. The van der Waals surface area contributed by atoms with E-state index in [1.54, 1.807) is 0 Å². The van der Waals surface area contributed by atoms with E-state index in [0.29, 0.717) is 12.6 Å². The lowest BCUT2D eigenvalue weighted by atomic mass is 10.1. The summed E-state index contributed by atoms with van der Waals surface area (Å²) < 4.78 is 0. The Kier molecular flexibility index (Phi) is 4.87. The van der Waals surface area contributed by atoms with Crippen molar-refractivity contribution in [3.05, 3.63) is 34.3 Å². The van der Waals surface area contributed by atoms with Crippen molar-refractivity contribution in [2.45, 2.75) is 18.9 Å². The molecule has 0 radical (unpaired) electrons. The Morgan fingerprint density at radius 3 is 3.00 bits per heavy atom. The Morgan fingerprint density at radius 1 is 1.47 bits per heavy atom. The van der Waals surface area contributed by atoms with Crippen LogP contribution in [0.4, 0.5) is 0 Å². The second kappa shape index (κ2) is 5.71. The van der Waals surface area contributed by atoms with Crippen LogP contribution in [0.1, 0.15) is 23.6 Å². The lowest BCUT2D eigenvalue weighted by molar-refractivity contribution is 0.538. The molecule has 1 aromatic carbocycles. The van der Waals surface area contributed by atoms with Crippen molar-refractivity contribution in [1.82, 2.24) is 5.32 Å². The number of aryl methyl sites for hydroxylation is 1. The number of nitrogens with one attached hydrogen (secondary N) is 1. The number of rotatable bonds is 3. The third kappa shape index (κ3) is 2.85. The van der Waals surface area contributed by atoms with Crippen molar-refractivity contribution in [2.75, 3.05) is 13.1 Å². The number of hydrogen-bond acceptors (Lipinski definition) is 2. The summed E-state index contributed by atoms with van der Waals surface area (Å²) in [4.78, 5) is 0. The minimum absolute atomic E-state index is 0. The van der Waals surface area contributed by atoms with Crippen LogP contribution in [0.15, 0.2) is 18.2 Å². The van der Waals surface area contributed by atoms with Gasteiger partial charge in [0.05, 0.1) is 0 Å². The van der Waals surface area contributed by atoms with E-state index in [-0.39, 0.29) is 12.4 Å². The number of nitrogens with two attached hydrogens (primary N) is 1. The zero-order chi connectivity index (χ0) is 9.97. The molecule has 1 unspecified atom stereocenters. The number of fused-ring (bicyclic) bond motifs is 1. The average molecular weight is 247 g/mol. The van der Waals surface area contributed by atoms with E-state index in [2.05, 4.69) is 17.4 Å². The molecule has 1 atom stereocenters. The van der Waals surface area contributed by atoms with E-state index in [0.717, 1.165) is 24.4 Å². The fourth-order valence-corrected chi connectivity index (χ4v) is 2.25. The maximum Gasteiger partial charge on any atom is 0.0408 e. The van der Waals surface area contributed by atoms with Gasteiger partial charge in [-0.15, -0.1) is 12.4 Å². The summed E-state index contributed by atoms with van der Waals surface area (Å²) in [7, 11) is 0. The van der Waals surface area contributed by atoms with Gasteiger partial charge in [0.25, 0.3) is 0 Å².